The van der Waals surface area contributed by atoms with E-state index in [1.165, 1.54) is 12.1 Å². The van der Waals surface area contributed by atoms with Gasteiger partial charge in [0, 0.05) is 6.42 Å². The molecule has 84 valence electrons. The minimum atomic E-state index is -0.912. The molecule has 0 aliphatic rings. The molecule has 0 atom stereocenters. The molecule has 16 heavy (non-hydrogen) atoms. The van der Waals surface area contributed by atoms with Crippen molar-refractivity contribution < 1.29 is 8.78 Å². The number of halogens is 2. The molecule has 3 nitrogen and oxygen atoms in total. The minimum Gasteiger partial charge on any atom is -0.263 e. The Morgan fingerprint density at radius 3 is 2.88 bits per heavy atom. The number of nitrogens with one attached hydrogen (secondary N) is 1. The van der Waals surface area contributed by atoms with E-state index in [9.17, 15) is 8.78 Å². The van der Waals surface area contributed by atoms with Crippen molar-refractivity contribution >= 4 is 0 Å². The van der Waals surface area contributed by atoms with Crippen molar-refractivity contribution in [1.29, 1.82) is 0 Å². The molecule has 0 saturated heterocycles. The lowest BCUT2D eigenvalue weighted by molar-refractivity contribution is 0.510. The van der Waals surface area contributed by atoms with Crippen LogP contribution < -0.4 is 0 Å². The van der Waals surface area contributed by atoms with Gasteiger partial charge in [-0.05, 0) is 18.6 Å². The lowest BCUT2D eigenvalue weighted by Crippen LogP contribution is -1.91. The van der Waals surface area contributed by atoms with Gasteiger partial charge in [-0.3, -0.25) is 5.10 Å². The number of nitrogens with zero attached hydrogens (tertiary/aromatic N) is 2. The Labute approximate surface area is 91.5 Å². The maximum atomic E-state index is 13.4. The van der Waals surface area contributed by atoms with E-state index in [2.05, 4.69) is 15.2 Å². The van der Waals surface area contributed by atoms with Crippen LogP contribution in [0.2, 0.25) is 0 Å². The van der Waals surface area contributed by atoms with Crippen LogP contribution in [0.3, 0.4) is 0 Å². The first-order valence-electron chi connectivity index (χ1n) is 5.08. The molecule has 5 heteroatoms. The first-order valence-corrected chi connectivity index (χ1v) is 5.08. The summed E-state index contributed by atoms with van der Waals surface area (Å²) in [7, 11) is 0. The smallest absolute Gasteiger partial charge is 0.184 e. The van der Waals surface area contributed by atoms with Crippen LogP contribution in [0.5, 0.6) is 0 Å². The first-order chi connectivity index (χ1) is 7.72. The van der Waals surface area contributed by atoms with Crippen LogP contribution in [-0.2, 0) is 6.42 Å². The Kier molecular flexibility index (Phi) is 2.94. The Bertz CT molecular complexity index is 494. The van der Waals surface area contributed by atoms with Crippen molar-refractivity contribution in [3.63, 3.8) is 0 Å². The molecule has 0 aliphatic heterocycles. The van der Waals surface area contributed by atoms with Gasteiger partial charge < -0.3 is 0 Å². The number of benzene rings is 1. The SMILES string of the molecule is CCCc1nc(-c2cccc(F)c2F)n[nH]1. The summed E-state index contributed by atoms with van der Waals surface area (Å²) >= 11 is 0. The average molecular weight is 223 g/mol. The van der Waals surface area contributed by atoms with Gasteiger partial charge in [0.15, 0.2) is 17.5 Å². The standard InChI is InChI=1S/C11H11F2N3/c1-2-4-9-14-11(16-15-9)7-5-3-6-8(12)10(7)13/h3,5-6H,2,4H2,1H3,(H,14,15,16). The third-order valence-electron chi connectivity index (χ3n) is 2.21. The third-order valence-corrected chi connectivity index (χ3v) is 2.21. The Hall–Kier alpha value is -1.78. The molecule has 0 amide bonds. The Balaban J connectivity index is 2.39. The fourth-order valence-electron chi connectivity index (χ4n) is 1.44. The molecule has 0 spiro atoms. The zero-order valence-corrected chi connectivity index (χ0v) is 8.80. The number of aromatic nitrogens is 3. The molecule has 0 unspecified atom stereocenters. The van der Waals surface area contributed by atoms with Crippen LogP contribution in [0.1, 0.15) is 19.2 Å². The molecule has 0 aliphatic carbocycles. The summed E-state index contributed by atoms with van der Waals surface area (Å²) < 4.78 is 26.4. The molecule has 1 aromatic carbocycles. The zero-order valence-electron chi connectivity index (χ0n) is 8.80. The quantitative estimate of drug-likeness (QED) is 0.869. The van der Waals surface area contributed by atoms with Crippen LogP contribution in [-0.4, -0.2) is 15.2 Å². The molecule has 2 rings (SSSR count). The molecule has 2 aromatic rings. The predicted octanol–water partition coefficient (Wildman–Crippen LogP) is 2.70. The highest BCUT2D eigenvalue weighted by molar-refractivity contribution is 5.55. The van der Waals surface area contributed by atoms with E-state index in [1.807, 2.05) is 6.92 Å². The molecule has 1 heterocycles. The summed E-state index contributed by atoms with van der Waals surface area (Å²) in [4.78, 5) is 4.10. The minimum absolute atomic E-state index is 0.0820. The lowest BCUT2D eigenvalue weighted by atomic mass is 10.2. The van der Waals surface area contributed by atoms with Crippen LogP contribution in [0.25, 0.3) is 11.4 Å². The predicted molar refractivity (Wildman–Crippen MR) is 55.7 cm³/mol. The van der Waals surface area contributed by atoms with Gasteiger partial charge in [-0.15, -0.1) is 0 Å². The van der Waals surface area contributed by atoms with Crippen molar-refractivity contribution in [2.24, 2.45) is 0 Å². The molecule has 0 fully saturated rings. The van der Waals surface area contributed by atoms with Gasteiger partial charge in [-0.2, -0.15) is 5.10 Å². The molecule has 0 bridgehead atoms. The molecule has 0 saturated carbocycles. The summed E-state index contributed by atoms with van der Waals surface area (Å²) in [5.74, 6) is -0.925. The average Bonchev–Trinajstić information content (AvgIpc) is 2.71. The largest absolute Gasteiger partial charge is 0.263 e. The van der Waals surface area contributed by atoms with Gasteiger partial charge in [0.2, 0.25) is 0 Å². The lowest BCUT2D eigenvalue weighted by Gasteiger charge is -1.97. The van der Waals surface area contributed by atoms with Crippen molar-refractivity contribution in [3.8, 4) is 11.4 Å². The van der Waals surface area contributed by atoms with E-state index in [0.717, 1.165) is 18.9 Å². The van der Waals surface area contributed by atoms with E-state index in [-0.39, 0.29) is 11.4 Å². The Morgan fingerprint density at radius 1 is 1.31 bits per heavy atom. The molecular formula is C11H11F2N3. The number of hydrogen-bond donors (Lipinski definition) is 1. The van der Waals surface area contributed by atoms with E-state index in [1.54, 1.807) is 0 Å². The Morgan fingerprint density at radius 2 is 2.12 bits per heavy atom. The molecule has 1 aromatic heterocycles. The van der Waals surface area contributed by atoms with E-state index in [0.29, 0.717) is 5.82 Å². The summed E-state index contributed by atoms with van der Waals surface area (Å²) in [5.41, 5.74) is 0.0820. The van der Waals surface area contributed by atoms with Crippen molar-refractivity contribution in [3.05, 3.63) is 35.7 Å². The van der Waals surface area contributed by atoms with Crippen LogP contribution >= 0.6 is 0 Å². The highest BCUT2D eigenvalue weighted by Crippen LogP contribution is 2.20. The normalized spacial score (nSPS) is 10.7. The summed E-state index contributed by atoms with van der Waals surface area (Å²) in [6, 6.07) is 3.96. The topological polar surface area (TPSA) is 41.6 Å². The second kappa shape index (κ2) is 4.38. The van der Waals surface area contributed by atoms with E-state index >= 15 is 0 Å². The van der Waals surface area contributed by atoms with Crippen LogP contribution in [0, 0.1) is 11.6 Å². The summed E-state index contributed by atoms with van der Waals surface area (Å²) in [5, 5.41) is 6.57. The van der Waals surface area contributed by atoms with Crippen molar-refractivity contribution in [2.75, 3.05) is 0 Å². The summed E-state index contributed by atoms with van der Waals surface area (Å²) in [6.07, 6.45) is 1.66. The summed E-state index contributed by atoms with van der Waals surface area (Å²) in [6.45, 7) is 2.00. The first kappa shape index (κ1) is 10.7. The highest BCUT2D eigenvalue weighted by Gasteiger charge is 2.13. The van der Waals surface area contributed by atoms with E-state index < -0.39 is 11.6 Å². The maximum Gasteiger partial charge on any atom is 0.184 e. The second-order valence-electron chi connectivity index (χ2n) is 3.46. The van der Waals surface area contributed by atoms with Gasteiger partial charge in [0.05, 0.1) is 5.56 Å². The van der Waals surface area contributed by atoms with Crippen LogP contribution in [0.4, 0.5) is 8.78 Å². The highest BCUT2D eigenvalue weighted by atomic mass is 19.2. The van der Waals surface area contributed by atoms with E-state index in [4.69, 9.17) is 0 Å². The van der Waals surface area contributed by atoms with Gasteiger partial charge in [-0.1, -0.05) is 13.0 Å². The number of hydrogen-bond acceptors (Lipinski definition) is 2. The van der Waals surface area contributed by atoms with Gasteiger partial charge in [0.1, 0.15) is 5.82 Å². The van der Waals surface area contributed by atoms with Gasteiger partial charge >= 0.3 is 0 Å². The molecule has 0 radical (unpaired) electrons. The monoisotopic (exact) mass is 223 g/mol. The zero-order chi connectivity index (χ0) is 11.5. The second-order valence-corrected chi connectivity index (χ2v) is 3.46. The van der Waals surface area contributed by atoms with Crippen molar-refractivity contribution in [2.45, 2.75) is 19.8 Å². The van der Waals surface area contributed by atoms with Gasteiger partial charge in [-0.25, -0.2) is 13.8 Å². The number of H-pyrrole nitrogens is 1. The van der Waals surface area contributed by atoms with Gasteiger partial charge in [0.25, 0.3) is 0 Å². The number of rotatable bonds is 3. The molecule has 1 N–H and O–H groups in total. The molecular weight excluding hydrogens is 212 g/mol. The number of aromatic amines is 1. The fourth-order valence-corrected chi connectivity index (χ4v) is 1.44. The maximum absolute atomic E-state index is 13.4. The fraction of sp³-hybridized carbons (Fsp3) is 0.273. The van der Waals surface area contributed by atoms with Crippen LogP contribution in [0.15, 0.2) is 18.2 Å². The van der Waals surface area contributed by atoms with Crippen molar-refractivity contribution in [1.82, 2.24) is 15.2 Å². The number of aryl methyl sites for hydroxylation is 1. The third kappa shape index (κ3) is 1.93.